The first kappa shape index (κ1) is 25.9. The van der Waals surface area contributed by atoms with Crippen LogP contribution >= 0.6 is 0 Å². The van der Waals surface area contributed by atoms with Crippen LogP contribution in [-0.4, -0.2) is 28.0 Å². The Morgan fingerprint density at radius 1 is 1.11 bits per heavy atom. The third-order valence-corrected chi connectivity index (χ3v) is 6.17. The van der Waals surface area contributed by atoms with Crippen LogP contribution in [0.4, 0.5) is 13.2 Å². The lowest BCUT2D eigenvalue weighted by Crippen LogP contribution is -2.29. The fourth-order valence-corrected chi connectivity index (χ4v) is 4.42. The summed E-state index contributed by atoms with van der Waals surface area (Å²) in [6.07, 6.45) is 1.25. The number of rotatable bonds is 6. The second-order valence-electron chi connectivity index (χ2n) is 8.72. The number of alkyl halides is 3. The van der Waals surface area contributed by atoms with E-state index in [-0.39, 0.29) is 17.8 Å². The van der Waals surface area contributed by atoms with Crippen molar-refractivity contribution in [2.24, 2.45) is 16.1 Å². The number of benzene rings is 2. The molecule has 0 spiro atoms. The lowest BCUT2D eigenvalue weighted by molar-refractivity contribution is -0.274. The Kier molecular flexibility index (Phi) is 7.85. The Bertz CT molecular complexity index is 1260. The third-order valence-electron chi connectivity index (χ3n) is 6.17. The summed E-state index contributed by atoms with van der Waals surface area (Å²) in [5.74, 6) is 4.00. The summed E-state index contributed by atoms with van der Waals surface area (Å²) < 4.78 is 43.5. The summed E-state index contributed by atoms with van der Waals surface area (Å²) in [4.78, 5) is 12.3. The fourth-order valence-electron chi connectivity index (χ4n) is 4.42. The molecule has 0 atom stereocenters. The van der Waals surface area contributed by atoms with E-state index < -0.39 is 12.3 Å². The van der Waals surface area contributed by atoms with Gasteiger partial charge in [-0.3, -0.25) is 14.8 Å². The van der Waals surface area contributed by atoms with Crippen molar-refractivity contribution in [1.82, 2.24) is 15.1 Å². The molecule has 0 aliphatic heterocycles. The number of nitrogens with two attached hydrogens (primary N) is 1. The molecule has 194 valence electrons. The van der Waals surface area contributed by atoms with Gasteiger partial charge in [0, 0.05) is 23.2 Å². The molecule has 1 amide bonds. The Hall–Kier alpha value is -4.22. The number of nitrogens with one attached hydrogen (secondary N) is 2. The second kappa shape index (κ2) is 11.2. The summed E-state index contributed by atoms with van der Waals surface area (Å²) in [5.41, 5.74) is 10.6. The van der Waals surface area contributed by atoms with Crippen LogP contribution in [0.2, 0.25) is 0 Å². The van der Waals surface area contributed by atoms with E-state index in [0.717, 1.165) is 36.9 Å². The number of hydrazone groups is 1. The Morgan fingerprint density at radius 2 is 1.78 bits per heavy atom. The van der Waals surface area contributed by atoms with Crippen molar-refractivity contribution in [3.63, 3.8) is 0 Å². The van der Waals surface area contributed by atoms with E-state index in [1.165, 1.54) is 18.6 Å². The van der Waals surface area contributed by atoms with Crippen LogP contribution in [0.3, 0.4) is 0 Å². The lowest BCUT2D eigenvalue weighted by atomic mass is 9.95. The van der Waals surface area contributed by atoms with Crippen molar-refractivity contribution in [3.8, 4) is 17.0 Å². The highest BCUT2D eigenvalue weighted by Crippen LogP contribution is 2.32. The molecule has 4 N–H and O–H groups in total. The van der Waals surface area contributed by atoms with Crippen molar-refractivity contribution in [1.29, 1.82) is 5.53 Å². The predicted octanol–water partition coefficient (Wildman–Crippen LogP) is 5.54. The molecule has 0 unspecified atom stereocenters. The number of guanidine groups is 1. The van der Waals surface area contributed by atoms with Gasteiger partial charge in [0.2, 0.25) is 0 Å². The van der Waals surface area contributed by atoms with Gasteiger partial charge >= 0.3 is 6.36 Å². The zero-order chi connectivity index (χ0) is 26.4. The number of hydrogen-bond acceptors (Lipinski definition) is 6. The Balaban J connectivity index is 1.56. The van der Waals surface area contributed by atoms with E-state index in [9.17, 15) is 18.0 Å². The molecule has 1 saturated carbocycles. The highest BCUT2D eigenvalue weighted by molar-refractivity contribution is 6.05. The van der Waals surface area contributed by atoms with Crippen molar-refractivity contribution in [2.45, 2.75) is 50.9 Å². The van der Waals surface area contributed by atoms with E-state index in [1.807, 2.05) is 22.9 Å². The van der Waals surface area contributed by atoms with Crippen LogP contribution in [-0.2, 0) is 6.42 Å². The summed E-state index contributed by atoms with van der Waals surface area (Å²) in [6, 6.07) is 14.9. The second-order valence-corrected chi connectivity index (χ2v) is 8.72. The number of amides is 1. The van der Waals surface area contributed by atoms with Gasteiger partial charge in [-0.15, -0.1) is 23.4 Å². The topological polar surface area (TPSA) is 131 Å². The molecule has 37 heavy (non-hydrogen) atoms. The molecule has 1 aliphatic rings. The molecule has 2 aromatic carbocycles. The van der Waals surface area contributed by atoms with Crippen molar-refractivity contribution >= 4 is 11.9 Å². The minimum absolute atomic E-state index is 0.248. The van der Waals surface area contributed by atoms with Gasteiger partial charge in [0.15, 0.2) is 0 Å². The van der Waals surface area contributed by atoms with E-state index >= 15 is 0 Å². The van der Waals surface area contributed by atoms with Crippen molar-refractivity contribution < 1.29 is 22.7 Å². The quantitative estimate of drug-likeness (QED) is 0.131. The minimum atomic E-state index is -4.75. The highest BCUT2D eigenvalue weighted by atomic mass is 19.4. The molecule has 1 fully saturated rings. The van der Waals surface area contributed by atoms with Gasteiger partial charge in [0.1, 0.15) is 5.75 Å². The van der Waals surface area contributed by atoms with Gasteiger partial charge in [0.05, 0.1) is 11.7 Å². The van der Waals surface area contributed by atoms with Crippen LogP contribution in [0.25, 0.3) is 11.3 Å². The standard InChI is InChI=1S/C25H26F3N7O2/c26-25(27,28)37-21-12-10-17(11-13-21)22-15-20(35(34-22)19-4-2-1-3-5-19)14-16-6-8-18(9-7-16)23(36)31-24(32-29)33-30/h6-13,15,19,29H,1-5,14,30H2,(H,31,33,36). The average molecular weight is 514 g/mol. The van der Waals surface area contributed by atoms with E-state index in [4.69, 9.17) is 16.5 Å². The fraction of sp³-hybridized carbons (Fsp3) is 0.320. The molecular formula is C25H26F3N7O2. The zero-order valence-corrected chi connectivity index (χ0v) is 19.8. The summed E-state index contributed by atoms with van der Waals surface area (Å²) in [7, 11) is 0. The summed E-state index contributed by atoms with van der Waals surface area (Å²) in [6.45, 7) is 0. The normalized spacial score (nSPS) is 14.8. The van der Waals surface area contributed by atoms with Gasteiger partial charge in [-0.05, 0) is 60.9 Å². The number of ether oxygens (including phenoxy) is 1. The van der Waals surface area contributed by atoms with Crippen LogP contribution in [0.1, 0.15) is 59.8 Å². The maximum absolute atomic E-state index is 12.5. The molecular weight excluding hydrogens is 487 g/mol. The van der Waals surface area contributed by atoms with Crippen LogP contribution in [0, 0.1) is 5.53 Å². The number of hydrogen-bond donors (Lipinski definition) is 3. The molecule has 1 aliphatic carbocycles. The van der Waals surface area contributed by atoms with Gasteiger partial charge in [-0.25, -0.2) is 5.53 Å². The summed E-state index contributed by atoms with van der Waals surface area (Å²) in [5, 5.41) is 13.4. The van der Waals surface area contributed by atoms with Crippen LogP contribution in [0.15, 0.2) is 64.8 Å². The summed E-state index contributed by atoms with van der Waals surface area (Å²) >= 11 is 0. The van der Waals surface area contributed by atoms with E-state index in [0.29, 0.717) is 23.2 Å². The van der Waals surface area contributed by atoms with Gasteiger partial charge in [-0.2, -0.15) is 5.10 Å². The third kappa shape index (κ3) is 6.72. The number of carbonyl (C=O) groups excluding carboxylic acids is 1. The molecule has 1 aromatic heterocycles. The number of nitrogens with zero attached hydrogens (tertiary/aromatic N) is 4. The maximum atomic E-state index is 12.5. The lowest BCUT2D eigenvalue weighted by Gasteiger charge is -2.24. The largest absolute Gasteiger partial charge is 0.573 e. The molecule has 0 saturated heterocycles. The average Bonchev–Trinajstić information content (AvgIpc) is 3.31. The van der Waals surface area contributed by atoms with Crippen molar-refractivity contribution in [3.05, 3.63) is 71.4 Å². The number of halogens is 3. The Morgan fingerprint density at radius 3 is 2.38 bits per heavy atom. The highest BCUT2D eigenvalue weighted by Gasteiger charge is 2.31. The van der Waals surface area contributed by atoms with E-state index in [2.05, 4.69) is 20.3 Å². The molecule has 4 rings (SSSR count). The number of aromatic nitrogens is 2. The molecule has 12 heteroatoms. The number of carbonyl (C=O) groups is 1. The maximum Gasteiger partial charge on any atom is 0.573 e. The monoisotopic (exact) mass is 513 g/mol. The van der Waals surface area contributed by atoms with Gasteiger partial charge < -0.3 is 10.6 Å². The van der Waals surface area contributed by atoms with E-state index in [1.54, 1.807) is 24.3 Å². The molecule has 0 radical (unpaired) electrons. The van der Waals surface area contributed by atoms with Gasteiger partial charge in [-0.1, -0.05) is 31.4 Å². The molecule has 1 heterocycles. The van der Waals surface area contributed by atoms with Crippen LogP contribution in [0.5, 0.6) is 5.75 Å². The first-order chi connectivity index (χ1) is 17.8. The Labute approximate surface area is 211 Å². The first-order valence-electron chi connectivity index (χ1n) is 11.8. The molecule has 9 nitrogen and oxygen atoms in total. The first-order valence-corrected chi connectivity index (χ1v) is 11.8. The SMILES string of the molecule is N=N/C(=N\N)NC(=O)c1ccc(Cc2cc(-c3ccc(OC(F)(F)F)cc3)nn2C2CCCCC2)cc1. The zero-order valence-electron chi connectivity index (χ0n) is 19.8. The van der Waals surface area contributed by atoms with Gasteiger partial charge in [0.25, 0.3) is 11.9 Å². The minimum Gasteiger partial charge on any atom is -0.406 e. The van der Waals surface area contributed by atoms with Crippen LogP contribution < -0.4 is 15.9 Å². The predicted molar refractivity (Wildman–Crippen MR) is 130 cm³/mol. The van der Waals surface area contributed by atoms with Crippen molar-refractivity contribution in [2.75, 3.05) is 0 Å². The molecule has 3 aromatic rings. The molecule has 0 bridgehead atoms. The smallest absolute Gasteiger partial charge is 0.406 e.